The highest BCUT2D eigenvalue weighted by molar-refractivity contribution is 4.83. The fourth-order valence-corrected chi connectivity index (χ4v) is 2.16. The van der Waals surface area contributed by atoms with Crippen molar-refractivity contribution in [2.75, 3.05) is 40.0 Å². The Balaban J connectivity index is 2.14. The minimum absolute atomic E-state index is 0.283. The fourth-order valence-electron chi connectivity index (χ4n) is 2.16. The summed E-state index contributed by atoms with van der Waals surface area (Å²) in [6.07, 6.45) is 4.51. The number of nitrogens with zero attached hydrogens (tertiary/aromatic N) is 1. The van der Waals surface area contributed by atoms with Gasteiger partial charge >= 0.3 is 0 Å². The number of hydrogen-bond donors (Lipinski definition) is 2. The van der Waals surface area contributed by atoms with E-state index in [1.807, 2.05) is 7.05 Å². The van der Waals surface area contributed by atoms with Crippen molar-refractivity contribution in [3.63, 3.8) is 0 Å². The van der Waals surface area contributed by atoms with E-state index in [2.05, 4.69) is 4.90 Å². The van der Waals surface area contributed by atoms with Gasteiger partial charge in [-0.3, -0.25) is 0 Å². The molecule has 0 saturated carbocycles. The van der Waals surface area contributed by atoms with Crippen LogP contribution in [0.3, 0.4) is 0 Å². The molecule has 0 aromatic rings. The highest BCUT2D eigenvalue weighted by atomic mass is 16.5. The van der Waals surface area contributed by atoms with E-state index in [-0.39, 0.29) is 6.61 Å². The number of unbranched alkanes of at least 4 members (excludes halogenated alkanes) is 2. The average molecular weight is 231 g/mol. The molecule has 0 unspecified atom stereocenters. The number of aliphatic hydroxyl groups excluding tert-OH is 1. The molecule has 0 aromatic carbocycles. The second-order valence-electron chi connectivity index (χ2n) is 4.86. The molecule has 1 rings (SSSR count). The van der Waals surface area contributed by atoms with Crippen molar-refractivity contribution in [2.24, 2.45) is 0 Å². The zero-order valence-corrected chi connectivity index (χ0v) is 10.3. The Morgan fingerprint density at radius 3 is 2.50 bits per heavy atom. The van der Waals surface area contributed by atoms with Crippen LogP contribution in [-0.4, -0.2) is 60.7 Å². The van der Waals surface area contributed by atoms with Crippen molar-refractivity contribution in [2.45, 2.75) is 37.7 Å². The first-order valence-electron chi connectivity index (χ1n) is 6.26. The maximum Gasteiger partial charge on any atom is 0.0817 e. The molecule has 0 spiro atoms. The average Bonchev–Trinajstić information content (AvgIpc) is 2.25. The summed E-state index contributed by atoms with van der Waals surface area (Å²) in [6.45, 7) is 3.35. The zero-order chi connectivity index (χ0) is 11.9. The highest BCUT2D eigenvalue weighted by Crippen LogP contribution is 2.21. The van der Waals surface area contributed by atoms with E-state index in [1.165, 1.54) is 0 Å². The molecule has 1 fully saturated rings. The first kappa shape index (κ1) is 13.9. The van der Waals surface area contributed by atoms with Crippen molar-refractivity contribution in [1.29, 1.82) is 0 Å². The smallest absolute Gasteiger partial charge is 0.0817 e. The number of rotatable bonds is 7. The van der Waals surface area contributed by atoms with Crippen LogP contribution in [0.15, 0.2) is 0 Å². The molecule has 96 valence electrons. The van der Waals surface area contributed by atoms with Gasteiger partial charge in [-0.25, -0.2) is 0 Å². The minimum Gasteiger partial charge on any atom is -0.396 e. The van der Waals surface area contributed by atoms with Gasteiger partial charge < -0.3 is 19.8 Å². The molecular formula is C12H25NO3. The molecule has 1 saturated heterocycles. The van der Waals surface area contributed by atoms with E-state index in [1.54, 1.807) is 0 Å². The Morgan fingerprint density at radius 2 is 1.88 bits per heavy atom. The van der Waals surface area contributed by atoms with Gasteiger partial charge in [0.2, 0.25) is 0 Å². The maximum atomic E-state index is 10.3. The SMILES string of the molecule is CN(CCCCCO)CC1(O)CCOCC1. The second kappa shape index (κ2) is 7.22. The van der Waals surface area contributed by atoms with E-state index < -0.39 is 5.60 Å². The fraction of sp³-hybridized carbons (Fsp3) is 1.00. The van der Waals surface area contributed by atoms with Gasteiger partial charge in [0.25, 0.3) is 0 Å². The van der Waals surface area contributed by atoms with Crippen LogP contribution in [0.5, 0.6) is 0 Å². The summed E-state index contributed by atoms with van der Waals surface area (Å²) < 4.78 is 5.25. The summed E-state index contributed by atoms with van der Waals surface area (Å²) in [6, 6.07) is 0. The van der Waals surface area contributed by atoms with Crippen molar-refractivity contribution >= 4 is 0 Å². The van der Waals surface area contributed by atoms with Crippen molar-refractivity contribution < 1.29 is 14.9 Å². The van der Waals surface area contributed by atoms with Gasteiger partial charge in [0, 0.05) is 39.2 Å². The summed E-state index contributed by atoms with van der Waals surface area (Å²) in [5.41, 5.74) is -0.552. The first-order chi connectivity index (χ1) is 7.66. The van der Waals surface area contributed by atoms with Gasteiger partial charge in [0.05, 0.1) is 5.60 Å². The van der Waals surface area contributed by atoms with Gasteiger partial charge in [-0.2, -0.15) is 0 Å². The Bertz CT molecular complexity index is 181. The number of hydrogen-bond acceptors (Lipinski definition) is 4. The van der Waals surface area contributed by atoms with Crippen LogP contribution < -0.4 is 0 Å². The quantitative estimate of drug-likeness (QED) is 0.631. The summed E-state index contributed by atoms with van der Waals surface area (Å²) in [5, 5.41) is 18.9. The zero-order valence-electron chi connectivity index (χ0n) is 10.3. The van der Waals surface area contributed by atoms with Crippen LogP contribution in [-0.2, 0) is 4.74 Å². The number of aliphatic hydroxyl groups is 2. The number of ether oxygens (including phenoxy) is 1. The van der Waals surface area contributed by atoms with Gasteiger partial charge in [-0.1, -0.05) is 0 Å². The molecule has 4 nitrogen and oxygen atoms in total. The summed E-state index contributed by atoms with van der Waals surface area (Å²) in [4.78, 5) is 2.18. The minimum atomic E-state index is -0.552. The molecule has 16 heavy (non-hydrogen) atoms. The summed E-state index contributed by atoms with van der Waals surface area (Å²) in [5.74, 6) is 0. The highest BCUT2D eigenvalue weighted by Gasteiger charge is 2.30. The van der Waals surface area contributed by atoms with Crippen LogP contribution in [0.4, 0.5) is 0 Å². The first-order valence-corrected chi connectivity index (χ1v) is 6.26. The van der Waals surface area contributed by atoms with Gasteiger partial charge in [-0.05, 0) is 32.9 Å². The Kier molecular flexibility index (Phi) is 6.28. The van der Waals surface area contributed by atoms with Gasteiger partial charge in [0.1, 0.15) is 0 Å². The third-order valence-electron chi connectivity index (χ3n) is 3.19. The van der Waals surface area contributed by atoms with Crippen LogP contribution in [0.2, 0.25) is 0 Å². The van der Waals surface area contributed by atoms with Gasteiger partial charge in [-0.15, -0.1) is 0 Å². The maximum absolute atomic E-state index is 10.3. The van der Waals surface area contributed by atoms with Crippen molar-refractivity contribution in [3.8, 4) is 0 Å². The normalized spacial score (nSPS) is 20.2. The molecule has 1 aliphatic rings. The molecule has 1 heterocycles. The third kappa shape index (κ3) is 5.25. The molecule has 0 aromatic heterocycles. The molecule has 0 bridgehead atoms. The molecule has 0 radical (unpaired) electrons. The standard InChI is InChI=1S/C12H25NO3/c1-13(7-3-2-4-8-14)11-12(15)5-9-16-10-6-12/h14-15H,2-11H2,1H3. The Hall–Kier alpha value is -0.160. The third-order valence-corrected chi connectivity index (χ3v) is 3.19. The molecular weight excluding hydrogens is 206 g/mol. The molecule has 0 aliphatic carbocycles. The van der Waals surface area contributed by atoms with E-state index in [9.17, 15) is 5.11 Å². The lowest BCUT2D eigenvalue weighted by atomic mass is 9.94. The van der Waals surface area contributed by atoms with Crippen LogP contribution in [0.25, 0.3) is 0 Å². The lowest BCUT2D eigenvalue weighted by Gasteiger charge is -2.35. The van der Waals surface area contributed by atoms with Crippen LogP contribution in [0.1, 0.15) is 32.1 Å². The van der Waals surface area contributed by atoms with Crippen LogP contribution in [0, 0.1) is 0 Å². The number of likely N-dealkylation sites (N-methyl/N-ethyl adjacent to an activating group) is 1. The molecule has 2 N–H and O–H groups in total. The summed E-state index contributed by atoms with van der Waals surface area (Å²) >= 11 is 0. The lowest BCUT2D eigenvalue weighted by molar-refractivity contribution is -0.0769. The molecule has 4 heteroatoms. The predicted molar refractivity (Wildman–Crippen MR) is 63.4 cm³/mol. The monoisotopic (exact) mass is 231 g/mol. The van der Waals surface area contributed by atoms with Gasteiger partial charge in [0.15, 0.2) is 0 Å². The Morgan fingerprint density at radius 1 is 1.19 bits per heavy atom. The van der Waals surface area contributed by atoms with Crippen molar-refractivity contribution in [3.05, 3.63) is 0 Å². The van der Waals surface area contributed by atoms with Crippen LogP contribution >= 0.6 is 0 Å². The molecule has 0 amide bonds. The lowest BCUT2D eigenvalue weighted by Crippen LogP contribution is -2.45. The second-order valence-corrected chi connectivity index (χ2v) is 4.86. The Labute approximate surface area is 98.2 Å². The van der Waals surface area contributed by atoms with Crippen molar-refractivity contribution in [1.82, 2.24) is 4.90 Å². The van der Waals surface area contributed by atoms with E-state index in [4.69, 9.17) is 9.84 Å². The van der Waals surface area contributed by atoms with E-state index in [0.717, 1.165) is 45.2 Å². The topological polar surface area (TPSA) is 52.9 Å². The molecule has 1 aliphatic heterocycles. The predicted octanol–water partition coefficient (Wildman–Crippen LogP) is 0.622. The van der Waals surface area contributed by atoms with E-state index in [0.29, 0.717) is 13.2 Å². The van der Waals surface area contributed by atoms with E-state index >= 15 is 0 Å². The summed E-state index contributed by atoms with van der Waals surface area (Å²) in [7, 11) is 2.05. The molecule has 0 atom stereocenters. The largest absolute Gasteiger partial charge is 0.396 e.